The Morgan fingerprint density at radius 1 is 1.24 bits per heavy atom. The van der Waals surface area contributed by atoms with Crippen molar-refractivity contribution >= 4 is 11.8 Å². The van der Waals surface area contributed by atoms with Gasteiger partial charge in [-0.1, -0.05) is 6.92 Å². The number of piperazine rings is 1. The van der Waals surface area contributed by atoms with Crippen LogP contribution in [-0.4, -0.2) is 67.6 Å². The highest BCUT2D eigenvalue weighted by molar-refractivity contribution is 5.82. The SMILES string of the molecule is CCC(N)C(=O)N1CCN(C(=O)COC)CC1. The predicted octanol–water partition coefficient (Wildman–Crippen LogP) is -0.959. The highest BCUT2D eigenvalue weighted by Crippen LogP contribution is 2.05. The van der Waals surface area contributed by atoms with Gasteiger partial charge in [0.1, 0.15) is 6.61 Å². The molecule has 0 aromatic rings. The van der Waals surface area contributed by atoms with Crippen molar-refractivity contribution in [2.75, 3.05) is 39.9 Å². The van der Waals surface area contributed by atoms with Crippen LogP contribution < -0.4 is 5.73 Å². The van der Waals surface area contributed by atoms with E-state index < -0.39 is 6.04 Å². The first-order valence-corrected chi connectivity index (χ1v) is 5.91. The number of hydrogen-bond acceptors (Lipinski definition) is 4. The minimum absolute atomic E-state index is 0.0219. The lowest BCUT2D eigenvalue weighted by Crippen LogP contribution is -2.54. The Hall–Kier alpha value is -1.14. The molecule has 2 N–H and O–H groups in total. The van der Waals surface area contributed by atoms with Crippen molar-refractivity contribution in [3.05, 3.63) is 0 Å². The van der Waals surface area contributed by atoms with Crippen LogP contribution in [0.5, 0.6) is 0 Å². The second-order valence-corrected chi connectivity index (χ2v) is 4.15. The van der Waals surface area contributed by atoms with E-state index in [1.54, 1.807) is 9.80 Å². The van der Waals surface area contributed by atoms with E-state index in [0.29, 0.717) is 32.6 Å². The van der Waals surface area contributed by atoms with Crippen LogP contribution in [0.4, 0.5) is 0 Å². The monoisotopic (exact) mass is 243 g/mol. The van der Waals surface area contributed by atoms with Gasteiger partial charge in [-0.3, -0.25) is 9.59 Å². The molecular formula is C11H21N3O3. The molecule has 2 amide bonds. The summed E-state index contributed by atoms with van der Waals surface area (Å²) in [5.74, 6) is -0.0503. The Kier molecular flexibility index (Phi) is 5.37. The first kappa shape index (κ1) is 13.9. The van der Waals surface area contributed by atoms with Crippen molar-refractivity contribution in [1.29, 1.82) is 0 Å². The number of carbonyl (C=O) groups excluding carboxylic acids is 2. The summed E-state index contributed by atoms with van der Waals surface area (Å²) in [6, 6.07) is -0.420. The van der Waals surface area contributed by atoms with Crippen LogP contribution in [0, 0.1) is 0 Å². The standard InChI is InChI=1S/C11H21N3O3/c1-3-9(12)11(16)14-6-4-13(5-7-14)10(15)8-17-2/h9H,3-8,12H2,1-2H3. The van der Waals surface area contributed by atoms with Crippen LogP contribution in [0.1, 0.15) is 13.3 Å². The van der Waals surface area contributed by atoms with Crippen LogP contribution in [-0.2, 0) is 14.3 Å². The third-order valence-electron chi connectivity index (χ3n) is 2.97. The Morgan fingerprint density at radius 2 is 1.76 bits per heavy atom. The molecule has 98 valence electrons. The Bertz CT molecular complexity index is 275. The van der Waals surface area contributed by atoms with E-state index in [1.165, 1.54) is 7.11 Å². The van der Waals surface area contributed by atoms with E-state index in [2.05, 4.69) is 0 Å². The number of nitrogens with two attached hydrogens (primary N) is 1. The third kappa shape index (κ3) is 3.67. The Balaban J connectivity index is 2.40. The second-order valence-electron chi connectivity index (χ2n) is 4.15. The highest BCUT2D eigenvalue weighted by atomic mass is 16.5. The van der Waals surface area contributed by atoms with E-state index in [1.807, 2.05) is 6.92 Å². The lowest BCUT2D eigenvalue weighted by molar-refractivity contribution is -0.142. The average Bonchev–Trinajstić information content (AvgIpc) is 2.37. The maximum atomic E-state index is 11.8. The van der Waals surface area contributed by atoms with Gasteiger partial charge < -0.3 is 20.3 Å². The molecule has 17 heavy (non-hydrogen) atoms. The molecule has 0 bridgehead atoms. The van der Waals surface area contributed by atoms with E-state index in [0.717, 1.165) is 0 Å². The number of rotatable bonds is 4. The number of nitrogens with zero attached hydrogens (tertiary/aromatic N) is 2. The molecule has 0 aliphatic carbocycles. The van der Waals surface area contributed by atoms with Gasteiger partial charge >= 0.3 is 0 Å². The van der Waals surface area contributed by atoms with Gasteiger partial charge in [0.2, 0.25) is 11.8 Å². The number of carbonyl (C=O) groups is 2. The predicted molar refractivity (Wildman–Crippen MR) is 63.3 cm³/mol. The summed E-state index contributed by atoms with van der Waals surface area (Å²) in [4.78, 5) is 26.8. The van der Waals surface area contributed by atoms with Gasteiger partial charge in [-0.05, 0) is 6.42 Å². The summed E-state index contributed by atoms with van der Waals surface area (Å²) in [6.45, 7) is 4.22. The second kappa shape index (κ2) is 6.56. The molecule has 1 aliphatic heterocycles. The molecule has 6 heteroatoms. The topological polar surface area (TPSA) is 75.9 Å². The molecular weight excluding hydrogens is 222 g/mol. The van der Waals surface area contributed by atoms with Crippen LogP contribution in [0.25, 0.3) is 0 Å². The summed E-state index contributed by atoms with van der Waals surface area (Å²) >= 11 is 0. The zero-order valence-electron chi connectivity index (χ0n) is 10.5. The number of hydrogen-bond donors (Lipinski definition) is 1. The molecule has 1 saturated heterocycles. The summed E-state index contributed by atoms with van der Waals surface area (Å²) in [6.07, 6.45) is 0.641. The van der Waals surface area contributed by atoms with Crippen molar-refractivity contribution in [2.45, 2.75) is 19.4 Å². The lowest BCUT2D eigenvalue weighted by Gasteiger charge is -2.35. The van der Waals surface area contributed by atoms with Crippen molar-refractivity contribution in [2.24, 2.45) is 5.73 Å². The van der Waals surface area contributed by atoms with E-state index in [-0.39, 0.29) is 18.4 Å². The molecule has 1 atom stereocenters. The molecule has 6 nitrogen and oxygen atoms in total. The van der Waals surface area contributed by atoms with Crippen LogP contribution >= 0.6 is 0 Å². The van der Waals surface area contributed by atoms with Gasteiger partial charge in [0, 0.05) is 33.3 Å². The molecule has 0 radical (unpaired) electrons. The quantitative estimate of drug-likeness (QED) is 0.690. The minimum Gasteiger partial charge on any atom is -0.375 e. The summed E-state index contributed by atoms with van der Waals surface area (Å²) in [5, 5.41) is 0. The van der Waals surface area contributed by atoms with Crippen LogP contribution in [0.15, 0.2) is 0 Å². The molecule has 1 fully saturated rings. The van der Waals surface area contributed by atoms with Gasteiger partial charge in [-0.15, -0.1) is 0 Å². The largest absolute Gasteiger partial charge is 0.375 e. The highest BCUT2D eigenvalue weighted by Gasteiger charge is 2.26. The van der Waals surface area contributed by atoms with Gasteiger partial charge in [0.25, 0.3) is 0 Å². The fourth-order valence-corrected chi connectivity index (χ4v) is 1.80. The molecule has 1 aliphatic rings. The Morgan fingerprint density at radius 3 is 2.24 bits per heavy atom. The van der Waals surface area contributed by atoms with Gasteiger partial charge in [-0.2, -0.15) is 0 Å². The molecule has 0 saturated carbocycles. The lowest BCUT2D eigenvalue weighted by atomic mass is 10.2. The number of ether oxygens (including phenoxy) is 1. The van der Waals surface area contributed by atoms with E-state index in [4.69, 9.17) is 10.5 Å². The van der Waals surface area contributed by atoms with Crippen molar-refractivity contribution in [3.8, 4) is 0 Å². The molecule has 0 aromatic carbocycles. The molecule has 0 aromatic heterocycles. The number of methoxy groups -OCH3 is 1. The van der Waals surface area contributed by atoms with E-state index in [9.17, 15) is 9.59 Å². The fourth-order valence-electron chi connectivity index (χ4n) is 1.80. The fraction of sp³-hybridized carbons (Fsp3) is 0.818. The van der Waals surface area contributed by atoms with Crippen LogP contribution in [0.3, 0.4) is 0 Å². The zero-order chi connectivity index (χ0) is 12.8. The zero-order valence-corrected chi connectivity index (χ0v) is 10.5. The summed E-state index contributed by atoms with van der Waals surface area (Å²) < 4.78 is 4.80. The van der Waals surface area contributed by atoms with Crippen LogP contribution in [0.2, 0.25) is 0 Å². The minimum atomic E-state index is -0.420. The maximum Gasteiger partial charge on any atom is 0.248 e. The molecule has 1 unspecified atom stereocenters. The van der Waals surface area contributed by atoms with Gasteiger partial charge in [0.15, 0.2) is 0 Å². The Labute approximate surface area is 102 Å². The summed E-state index contributed by atoms with van der Waals surface area (Å²) in [5.41, 5.74) is 5.70. The average molecular weight is 243 g/mol. The molecule has 1 heterocycles. The number of amides is 2. The van der Waals surface area contributed by atoms with Gasteiger partial charge in [0.05, 0.1) is 6.04 Å². The van der Waals surface area contributed by atoms with Crippen molar-refractivity contribution in [3.63, 3.8) is 0 Å². The smallest absolute Gasteiger partial charge is 0.248 e. The maximum absolute atomic E-state index is 11.8. The normalized spacial score (nSPS) is 18.1. The molecule has 0 spiro atoms. The third-order valence-corrected chi connectivity index (χ3v) is 2.97. The summed E-state index contributed by atoms with van der Waals surface area (Å²) in [7, 11) is 1.50. The first-order chi connectivity index (χ1) is 8.10. The van der Waals surface area contributed by atoms with E-state index >= 15 is 0 Å². The molecule has 1 rings (SSSR count). The first-order valence-electron chi connectivity index (χ1n) is 5.91. The van der Waals surface area contributed by atoms with Crippen molar-refractivity contribution in [1.82, 2.24) is 9.80 Å². The van der Waals surface area contributed by atoms with Crippen molar-refractivity contribution < 1.29 is 14.3 Å². The van der Waals surface area contributed by atoms with Gasteiger partial charge in [-0.25, -0.2) is 0 Å².